The zero-order chi connectivity index (χ0) is 15.0. The van der Waals surface area contributed by atoms with Crippen molar-refractivity contribution in [2.75, 3.05) is 12.9 Å². The van der Waals surface area contributed by atoms with Gasteiger partial charge in [-0.1, -0.05) is 24.3 Å². The van der Waals surface area contributed by atoms with Gasteiger partial charge in [0.05, 0.1) is 17.5 Å². The van der Waals surface area contributed by atoms with Crippen molar-refractivity contribution < 1.29 is 13.2 Å². The Kier molecular flexibility index (Phi) is 3.47. The normalized spacial score (nSPS) is 15.3. The minimum atomic E-state index is -3.18. The fourth-order valence-electron chi connectivity index (χ4n) is 2.51. The highest BCUT2D eigenvalue weighted by molar-refractivity contribution is 7.90. The molecule has 5 heteroatoms. The van der Waals surface area contributed by atoms with Crippen molar-refractivity contribution in [2.24, 2.45) is 5.73 Å². The maximum atomic E-state index is 11.5. The van der Waals surface area contributed by atoms with Crippen LogP contribution in [0.5, 0.6) is 5.75 Å². The largest absolute Gasteiger partial charge is 0.493 e. The topological polar surface area (TPSA) is 69.4 Å². The predicted octanol–water partition coefficient (Wildman–Crippen LogP) is 2.07. The molecule has 2 N–H and O–H groups in total. The molecule has 0 amide bonds. The predicted molar refractivity (Wildman–Crippen MR) is 81.2 cm³/mol. The van der Waals surface area contributed by atoms with E-state index in [0.29, 0.717) is 4.90 Å². The third kappa shape index (κ3) is 2.80. The van der Waals surface area contributed by atoms with E-state index < -0.39 is 9.84 Å². The van der Waals surface area contributed by atoms with Crippen molar-refractivity contribution in [3.63, 3.8) is 0 Å². The lowest BCUT2D eigenvalue weighted by molar-refractivity contribution is 0.357. The summed E-state index contributed by atoms with van der Waals surface area (Å²) >= 11 is 0. The van der Waals surface area contributed by atoms with Gasteiger partial charge in [-0.3, -0.25) is 0 Å². The third-order valence-electron chi connectivity index (χ3n) is 3.74. The second-order valence-corrected chi connectivity index (χ2v) is 7.30. The summed E-state index contributed by atoms with van der Waals surface area (Å²) in [7, 11) is -3.18. The van der Waals surface area contributed by atoms with Gasteiger partial charge in [0.1, 0.15) is 5.75 Å². The van der Waals surface area contributed by atoms with Crippen LogP contribution in [-0.4, -0.2) is 21.3 Å². The quantitative estimate of drug-likeness (QED) is 0.942. The Morgan fingerprint density at radius 1 is 1.10 bits per heavy atom. The number of nitrogens with two attached hydrogens (primary N) is 1. The first-order valence-corrected chi connectivity index (χ1v) is 8.65. The van der Waals surface area contributed by atoms with Gasteiger partial charge in [-0.2, -0.15) is 0 Å². The Morgan fingerprint density at radius 3 is 2.43 bits per heavy atom. The summed E-state index contributed by atoms with van der Waals surface area (Å²) < 4.78 is 28.4. The molecule has 2 aromatic carbocycles. The Labute approximate surface area is 124 Å². The molecule has 0 saturated carbocycles. The molecular formula is C16H17NO3S. The van der Waals surface area contributed by atoms with Crippen molar-refractivity contribution in [1.82, 2.24) is 0 Å². The van der Waals surface area contributed by atoms with Gasteiger partial charge in [-0.15, -0.1) is 0 Å². The average molecular weight is 303 g/mol. The van der Waals surface area contributed by atoms with Crippen LogP contribution in [0, 0.1) is 0 Å². The van der Waals surface area contributed by atoms with E-state index in [4.69, 9.17) is 10.5 Å². The molecule has 1 aliphatic rings. The highest BCUT2D eigenvalue weighted by atomic mass is 32.2. The van der Waals surface area contributed by atoms with Gasteiger partial charge < -0.3 is 10.5 Å². The Morgan fingerprint density at radius 2 is 1.76 bits per heavy atom. The molecule has 110 valence electrons. The number of rotatable bonds is 3. The summed E-state index contributed by atoms with van der Waals surface area (Å²) in [6, 6.07) is 12.4. The van der Waals surface area contributed by atoms with Gasteiger partial charge in [-0.05, 0) is 34.9 Å². The third-order valence-corrected chi connectivity index (χ3v) is 4.87. The van der Waals surface area contributed by atoms with Crippen LogP contribution in [0.25, 0.3) is 0 Å². The van der Waals surface area contributed by atoms with Gasteiger partial charge in [0, 0.05) is 12.7 Å². The first kappa shape index (κ1) is 14.1. The fourth-order valence-corrected chi connectivity index (χ4v) is 3.15. The standard InChI is InChI=1S/C16H17NO3S/c1-21(18,19)14-5-2-11(3-6-14)16(17)13-4-7-15-12(10-13)8-9-20-15/h2-7,10,16H,8-9,17H2,1H3. The first-order valence-electron chi connectivity index (χ1n) is 6.76. The lowest BCUT2D eigenvalue weighted by atomic mass is 9.97. The minimum Gasteiger partial charge on any atom is -0.493 e. The molecule has 0 fully saturated rings. The second kappa shape index (κ2) is 5.16. The molecule has 1 heterocycles. The summed E-state index contributed by atoms with van der Waals surface area (Å²) in [6.45, 7) is 0.719. The Hall–Kier alpha value is -1.85. The molecule has 1 unspecified atom stereocenters. The smallest absolute Gasteiger partial charge is 0.175 e. The monoisotopic (exact) mass is 303 g/mol. The lowest BCUT2D eigenvalue weighted by Gasteiger charge is -2.14. The zero-order valence-electron chi connectivity index (χ0n) is 11.7. The molecule has 0 bridgehead atoms. The molecular weight excluding hydrogens is 286 g/mol. The van der Waals surface area contributed by atoms with Crippen LogP contribution in [-0.2, 0) is 16.3 Å². The van der Waals surface area contributed by atoms with E-state index in [1.807, 2.05) is 12.1 Å². The number of sulfone groups is 1. The molecule has 0 spiro atoms. The number of ether oxygens (including phenoxy) is 1. The molecule has 21 heavy (non-hydrogen) atoms. The van der Waals surface area contributed by atoms with Crippen LogP contribution in [0.4, 0.5) is 0 Å². The van der Waals surface area contributed by atoms with Crippen molar-refractivity contribution in [3.8, 4) is 5.75 Å². The van der Waals surface area contributed by atoms with E-state index >= 15 is 0 Å². The van der Waals surface area contributed by atoms with Crippen molar-refractivity contribution in [2.45, 2.75) is 17.4 Å². The zero-order valence-corrected chi connectivity index (χ0v) is 12.6. The number of fused-ring (bicyclic) bond motifs is 1. The van der Waals surface area contributed by atoms with E-state index in [0.717, 1.165) is 29.9 Å². The highest BCUT2D eigenvalue weighted by Crippen LogP contribution is 2.29. The molecule has 4 nitrogen and oxygen atoms in total. The molecule has 0 aromatic heterocycles. The summed E-state index contributed by atoms with van der Waals surface area (Å²) in [5.41, 5.74) is 9.35. The SMILES string of the molecule is CS(=O)(=O)c1ccc(C(N)c2ccc3c(c2)CCO3)cc1. The van der Waals surface area contributed by atoms with E-state index in [-0.39, 0.29) is 6.04 Å². The molecule has 1 aliphatic heterocycles. The van der Waals surface area contributed by atoms with E-state index in [2.05, 4.69) is 6.07 Å². The van der Waals surface area contributed by atoms with Crippen molar-refractivity contribution >= 4 is 9.84 Å². The Bertz CT molecular complexity index is 767. The van der Waals surface area contributed by atoms with Crippen LogP contribution in [0.3, 0.4) is 0 Å². The van der Waals surface area contributed by atoms with Gasteiger partial charge in [0.2, 0.25) is 0 Å². The van der Waals surface area contributed by atoms with Gasteiger partial charge in [0.25, 0.3) is 0 Å². The summed E-state index contributed by atoms with van der Waals surface area (Å²) in [5, 5.41) is 0. The summed E-state index contributed by atoms with van der Waals surface area (Å²) in [4.78, 5) is 0.306. The van der Waals surface area contributed by atoms with E-state index in [1.165, 1.54) is 11.8 Å². The van der Waals surface area contributed by atoms with Crippen LogP contribution in [0.1, 0.15) is 22.7 Å². The van der Waals surface area contributed by atoms with Crippen molar-refractivity contribution in [3.05, 3.63) is 59.2 Å². The molecule has 0 saturated heterocycles. The van der Waals surface area contributed by atoms with E-state index in [1.54, 1.807) is 24.3 Å². The summed E-state index contributed by atoms with van der Waals surface area (Å²) in [5.74, 6) is 0.929. The van der Waals surface area contributed by atoms with E-state index in [9.17, 15) is 8.42 Å². The maximum absolute atomic E-state index is 11.5. The Balaban J connectivity index is 1.90. The van der Waals surface area contributed by atoms with Gasteiger partial charge >= 0.3 is 0 Å². The number of hydrogen-bond donors (Lipinski definition) is 1. The molecule has 0 radical (unpaired) electrons. The van der Waals surface area contributed by atoms with Crippen LogP contribution in [0.15, 0.2) is 47.4 Å². The number of benzene rings is 2. The highest BCUT2D eigenvalue weighted by Gasteiger charge is 2.16. The molecule has 1 atom stereocenters. The average Bonchev–Trinajstić information content (AvgIpc) is 2.93. The molecule has 0 aliphatic carbocycles. The van der Waals surface area contributed by atoms with Gasteiger partial charge in [-0.25, -0.2) is 8.42 Å². The maximum Gasteiger partial charge on any atom is 0.175 e. The minimum absolute atomic E-state index is 0.274. The number of hydrogen-bond acceptors (Lipinski definition) is 4. The lowest BCUT2D eigenvalue weighted by Crippen LogP contribution is -2.12. The van der Waals surface area contributed by atoms with Gasteiger partial charge in [0.15, 0.2) is 9.84 Å². The van der Waals surface area contributed by atoms with Crippen molar-refractivity contribution in [1.29, 1.82) is 0 Å². The fraction of sp³-hybridized carbons (Fsp3) is 0.250. The molecule has 2 aromatic rings. The second-order valence-electron chi connectivity index (χ2n) is 5.28. The van der Waals surface area contributed by atoms with Crippen LogP contribution < -0.4 is 10.5 Å². The first-order chi connectivity index (χ1) is 9.95. The summed E-state index contributed by atoms with van der Waals surface area (Å²) in [6.07, 6.45) is 2.10. The molecule has 3 rings (SSSR count). The van der Waals surface area contributed by atoms with Crippen LogP contribution in [0.2, 0.25) is 0 Å². The van der Waals surface area contributed by atoms with Crippen LogP contribution >= 0.6 is 0 Å².